The van der Waals surface area contributed by atoms with E-state index >= 15 is 0 Å². The molecular formula is C18H13BrF2N2O4. The summed E-state index contributed by atoms with van der Waals surface area (Å²) in [4.78, 5) is 26.3. The fourth-order valence-electron chi connectivity index (χ4n) is 3.15. The highest BCUT2D eigenvalue weighted by Crippen LogP contribution is 2.38. The molecule has 2 aromatic rings. The van der Waals surface area contributed by atoms with Crippen molar-refractivity contribution in [2.75, 3.05) is 6.79 Å². The molecule has 27 heavy (non-hydrogen) atoms. The van der Waals surface area contributed by atoms with E-state index in [0.29, 0.717) is 21.5 Å². The molecule has 2 aliphatic rings. The van der Waals surface area contributed by atoms with Gasteiger partial charge in [0.15, 0.2) is 11.5 Å². The van der Waals surface area contributed by atoms with Gasteiger partial charge in [-0.05, 0) is 42.8 Å². The van der Waals surface area contributed by atoms with E-state index in [0.717, 1.165) is 23.1 Å². The molecule has 1 fully saturated rings. The zero-order valence-corrected chi connectivity index (χ0v) is 15.6. The summed E-state index contributed by atoms with van der Waals surface area (Å²) in [7, 11) is 0. The second kappa shape index (κ2) is 6.19. The molecule has 140 valence electrons. The van der Waals surface area contributed by atoms with E-state index < -0.39 is 29.1 Å². The van der Waals surface area contributed by atoms with E-state index in [4.69, 9.17) is 9.47 Å². The minimum absolute atomic E-state index is 0.0750. The number of imide groups is 1. The van der Waals surface area contributed by atoms with Crippen LogP contribution in [0.5, 0.6) is 11.5 Å². The summed E-state index contributed by atoms with van der Waals surface area (Å²) in [5.41, 5.74) is -1.33. The topological polar surface area (TPSA) is 67.9 Å². The highest BCUT2D eigenvalue weighted by molar-refractivity contribution is 9.10. The second-order valence-electron chi connectivity index (χ2n) is 6.37. The normalized spacial score (nSPS) is 21.0. The molecule has 0 radical (unpaired) electrons. The number of halogens is 3. The Morgan fingerprint density at radius 1 is 1.19 bits per heavy atom. The van der Waals surface area contributed by atoms with Crippen molar-refractivity contribution >= 4 is 27.9 Å². The third-order valence-electron chi connectivity index (χ3n) is 4.61. The van der Waals surface area contributed by atoms with E-state index in [9.17, 15) is 18.4 Å². The maximum Gasteiger partial charge on any atom is 0.325 e. The lowest BCUT2D eigenvalue weighted by atomic mass is 9.91. The molecule has 1 atom stereocenters. The number of carbonyl (C=O) groups is 2. The summed E-state index contributed by atoms with van der Waals surface area (Å²) in [5.74, 6) is -1.11. The number of carbonyl (C=O) groups excluding carboxylic acids is 2. The largest absolute Gasteiger partial charge is 0.454 e. The summed E-state index contributed by atoms with van der Waals surface area (Å²) in [5, 5.41) is 2.47. The molecule has 3 amide bonds. The van der Waals surface area contributed by atoms with Crippen LogP contribution in [-0.4, -0.2) is 23.6 Å². The summed E-state index contributed by atoms with van der Waals surface area (Å²) < 4.78 is 39.0. The van der Waals surface area contributed by atoms with Crippen LogP contribution in [0.25, 0.3) is 0 Å². The number of amides is 3. The SMILES string of the molecule is C[C@@]1(c2cc(F)ccc2F)NC(=O)N(Cc2cc3c(cc2Br)OCO3)C1=O. The first-order valence-electron chi connectivity index (χ1n) is 7.97. The second-order valence-corrected chi connectivity index (χ2v) is 7.22. The minimum Gasteiger partial charge on any atom is -0.454 e. The molecule has 0 saturated carbocycles. The molecule has 9 heteroatoms. The molecule has 0 aromatic heterocycles. The lowest BCUT2D eigenvalue weighted by molar-refractivity contribution is -0.131. The number of nitrogens with one attached hydrogen (secondary N) is 1. The zero-order chi connectivity index (χ0) is 19.3. The van der Waals surface area contributed by atoms with Crippen molar-refractivity contribution < 1.29 is 27.8 Å². The standard InChI is InChI=1S/C18H13BrF2N2O4/c1-18(11-5-10(20)2-3-13(11)21)16(24)23(17(25)22-18)7-9-4-14-15(6-12(9)19)27-8-26-14/h2-6H,7-8H2,1H3,(H,22,25)/t18-/m0/s1. The summed E-state index contributed by atoms with van der Waals surface area (Å²) in [6, 6.07) is 5.42. The third kappa shape index (κ3) is 2.82. The first-order chi connectivity index (χ1) is 12.8. The van der Waals surface area contributed by atoms with Gasteiger partial charge in [-0.25, -0.2) is 13.6 Å². The third-order valence-corrected chi connectivity index (χ3v) is 5.35. The quantitative estimate of drug-likeness (QED) is 0.745. The Kier molecular flexibility index (Phi) is 4.06. The highest BCUT2D eigenvalue weighted by atomic mass is 79.9. The van der Waals surface area contributed by atoms with Crippen LogP contribution in [0.2, 0.25) is 0 Å². The van der Waals surface area contributed by atoms with Crippen molar-refractivity contribution in [3.8, 4) is 11.5 Å². The number of urea groups is 1. The minimum atomic E-state index is -1.70. The maximum absolute atomic E-state index is 14.2. The summed E-state index contributed by atoms with van der Waals surface area (Å²) >= 11 is 3.38. The van der Waals surface area contributed by atoms with Crippen molar-refractivity contribution in [2.45, 2.75) is 19.0 Å². The Labute approximate surface area is 161 Å². The van der Waals surface area contributed by atoms with Crippen LogP contribution in [0, 0.1) is 11.6 Å². The average molecular weight is 439 g/mol. The van der Waals surface area contributed by atoms with Crippen molar-refractivity contribution in [1.82, 2.24) is 10.2 Å². The Morgan fingerprint density at radius 2 is 1.89 bits per heavy atom. The Balaban J connectivity index is 1.67. The van der Waals surface area contributed by atoms with Gasteiger partial charge in [-0.1, -0.05) is 15.9 Å². The van der Waals surface area contributed by atoms with Crippen LogP contribution < -0.4 is 14.8 Å². The highest BCUT2D eigenvalue weighted by Gasteiger charge is 2.50. The Morgan fingerprint density at radius 3 is 2.63 bits per heavy atom. The van der Waals surface area contributed by atoms with Crippen molar-refractivity contribution in [1.29, 1.82) is 0 Å². The van der Waals surface area contributed by atoms with Gasteiger partial charge in [-0.15, -0.1) is 0 Å². The van der Waals surface area contributed by atoms with Crippen LogP contribution in [0.3, 0.4) is 0 Å². The monoisotopic (exact) mass is 438 g/mol. The van der Waals surface area contributed by atoms with Gasteiger partial charge in [0, 0.05) is 10.0 Å². The molecule has 2 heterocycles. The molecule has 6 nitrogen and oxygen atoms in total. The predicted octanol–water partition coefficient (Wildman–Crippen LogP) is 3.42. The van der Waals surface area contributed by atoms with Crippen LogP contribution in [-0.2, 0) is 16.9 Å². The number of rotatable bonds is 3. The van der Waals surface area contributed by atoms with Gasteiger partial charge in [0.1, 0.15) is 17.2 Å². The Hall–Kier alpha value is -2.68. The van der Waals surface area contributed by atoms with Crippen LogP contribution in [0.1, 0.15) is 18.1 Å². The molecule has 0 bridgehead atoms. The van der Waals surface area contributed by atoms with Crippen molar-refractivity contribution in [2.24, 2.45) is 0 Å². The fourth-order valence-corrected chi connectivity index (χ4v) is 3.60. The van der Waals surface area contributed by atoms with Crippen molar-refractivity contribution in [3.63, 3.8) is 0 Å². The molecule has 1 saturated heterocycles. The van der Waals surface area contributed by atoms with E-state index in [2.05, 4.69) is 21.2 Å². The van der Waals surface area contributed by atoms with Gasteiger partial charge in [0.05, 0.1) is 6.54 Å². The molecule has 0 spiro atoms. The zero-order valence-electron chi connectivity index (χ0n) is 14.0. The molecule has 4 rings (SSSR count). The van der Waals surface area contributed by atoms with Gasteiger partial charge in [0.25, 0.3) is 5.91 Å². The first kappa shape index (κ1) is 17.7. The van der Waals surface area contributed by atoms with E-state index in [1.165, 1.54) is 6.92 Å². The van der Waals surface area contributed by atoms with Crippen LogP contribution in [0.15, 0.2) is 34.8 Å². The van der Waals surface area contributed by atoms with E-state index in [1.807, 2.05) is 0 Å². The van der Waals surface area contributed by atoms with Crippen LogP contribution in [0.4, 0.5) is 13.6 Å². The lowest BCUT2D eigenvalue weighted by Crippen LogP contribution is -2.41. The van der Waals surface area contributed by atoms with Gasteiger partial charge < -0.3 is 14.8 Å². The number of ether oxygens (including phenoxy) is 2. The molecular weight excluding hydrogens is 426 g/mol. The van der Waals surface area contributed by atoms with Crippen molar-refractivity contribution in [3.05, 3.63) is 57.6 Å². The molecule has 0 unspecified atom stereocenters. The molecule has 2 aromatic carbocycles. The molecule has 0 aliphatic carbocycles. The fraction of sp³-hybridized carbons (Fsp3) is 0.222. The van der Waals surface area contributed by atoms with Gasteiger partial charge in [-0.3, -0.25) is 9.69 Å². The Bertz CT molecular complexity index is 984. The first-order valence-corrected chi connectivity index (χ1v) is 8.76. The van der Waals surface area contributed by atoms with E-state index in [1.54, 1.807) is 12.1 Å². The van der Waals surface area contributed by atoms with E-state index in [-0.39, 0.29) is 18.9 Å². The van der Waals surface area contributed by atoms with Gasteiger partial charge >= 0.3 is 6.03 Å². The number of fused-ring (bicyclic) bond motifs is 1. The number of hydrogen-bond acceptors (Lipinski definition) is 4. The average Bonchev–Trinajstić information content (AvgIpc) is 3.15. The van der Waals surface area contributed by atoms with Gasteiger partial charge in [-0.2, -0.15) is 0 Å². The number of hydrogen-bond donors (Lipinski definition) is 1. The number of nitrogens with zero attached hydrogens (tertiary/aromatic N) is 1. The van der Waals surface area contributed by atoms with Gasteiger partial charge in [0.2, 0.25) is 6.79 Å². The molecule has 1 N–H and O–H groups in total. The maximum atomic E-state index is 14.2. The predicted molar refractivity (Wildman–Crippen MR) is 93.1 cm³/mol. The summed E-state index contributed by atoms with van der Waals surface area (Å²) in [6.45, 7) is 1.36. The summed E-state index contributed by atoms with van der Waals surface area (Å²) in [6.07, 6.45) is 0. The number of benzene rings is 2. The smallest absolute Gasteiger partial charge is 0.325 e. The lowest BCUT2D eigenvalue weighted by Gasteiger charge is -2.23. The van der Waals surface area contributed by atoms with Crippen LogP contribution >= 0.6 is 15.9 Å². The molecule has 2 aliphatic heterocycles.